The van der Waals surface area contributed by atoms with Crippen LogP contribution in [0.2, 0.25) is 0 Å². The number of urea groups is 1. The van der Waals surface area contributed by atoms with Crippen molar-refractivity contribution in [3.63, 3.8) is 0 Å². The maximum absolute atomic E-state index is 11.9. The van der Waals surface area contributed by atoms with Crippen molar-refractivity contribution in [1.82, 2.24) is 10.6 Å². The highest BCUT2D eigenvalue weighted by Crippen LogP contribution is 2.26. The zero-order valence-corrected chi connectivity index (χ0v) is 13.4. The summed E-state index contributed by atoms with van der Waals surface area (Å²) in [5, 5.41) is 15.4. The second-order valence-electron chi connectivity index (χ2n) is 5.77. The summed E-state index contributed by atoms with van der Waals surface area (Å²) < 4.78 is 0. The van der Waals surface area contributed by atoms with Crippen molar-refractivity contribution in [3.05, 3.63) is 0 Å². The summed E-state index contributed by atoms with van der Waals surface area (Å²) in [5.74, 6) is -0.875. The molecule has 0 bridgehead atoms. The van der Waals surface area contributed by atoms with Gasteiger partial charge in [0.05, 0.1) is 5.41 Å². The van der Waals surface area contributed by atoms with Crippen molar-refractivity contribution < 1.29 is 14.7 Å². The van der Waals surface area contributed by atoms with Crippen LogP contribution in [0.5, 0.6) is 0 Å². The average Bonchev–Trinajstić information content (AvgIpc) is 2.44. The number of nitrogens with one attached hydrogen (secondary N) is 2. The normalized spacial score (nSPS) is 25.6. The van der Waals surface area contributed by atoms with Crippen LogP contribution in [0.25, 0.3) is 0 Å². The second-order valence-corrected chi connectivity index (χ2v) is 6.91. The van der Waals surface area contributed by atoms with Crippen LogP contribution in [0.1, 0.15) is 46.0 Å². The Kier molecular flexibility index (Phi) is 6.65. The lowest BCUT2D eigenvalue weighted by Crippen LogP contribution is -2.48. The fourth-order valence-corrected chi connectivity index (χ4v) is 3.18. The Balaban J connectivity index is 2.38. The molecule has 116 valence electrons. The van der Waals surface area contributed by atoms with E-state index in [-0.39, 0.29) is 18.6 Å². The van der Waals surface area contributed by atoms with Gasteiger partial charge in [0.15, 0.2) is 0 Å². The van der Waals surface area contributed by atoms with Gasteiger partial charge in [-0.3, -0.25) is 4.79 Å². The van der Waals surface area contributed by atoms with Crippen molar-refractivity contribution in [2.45, 2.75) is 57.2 Å². The lowest BCUT2D eigenvalue weighted by Gasteiger charge is -2.29. The Bertz CT molecular complexity index is 351. The number of thioether (sulfide) groups is 1. The molecule has 0 aromatic carbocycles. The average molecular weight is 302 g/mol. The molecule has 0 radical (unpaired) electrons. The fraction of sp³-hybridized carbons (Fsp3) is 0.857. The van der Waals surface area contributed by atoms with Gasteiger partial charge in [0, 0.05) is 17.8 Å². The van der Waals surface area contributed by atoms with Crippen LogP contribution < -0.4 is 10.6 Å². The molecule has 1 aliphatic rings. The molecule has 0 saturated heterocycles. The summed E-state index contributed by atoms with van der Waals surface area (Å²) in [5.41, 5.74) is -0.897. The summed E-state index contributed by atoms with van der Waals surface area (Å²) in [7, 11) is 0. The first-order valence-corrected chi connectivity index (χ1v) is 8.50. The molecule has 20 heavy (non-hydrogen) atoms. The molecule has 5 nitrogen and oxygen atoms in total. The Morgan fingerprint density at radius 3 is 2.65 bits per heavy atom. The van der Waals surface area contributed by atoms with Gasteiger partial charge in [-0.15, -0.1) is 0 Å². The number of carbonyl (C=O) groups is 2. The number of carboxylic acids is 1. The summed E-state index contributed by atoms with van der Waals surface area (Å²) >= 11 is 1.85. The van der Waals surface area contributed by atoms with Crippen LogP contribution in [0.3, 0.4) is 0 Å². The van der Waals surface area contributed by atoms with Crippen molar-refractivity contribution in [2.75, 3.05) is 12.8 Å². The zero-order chi connectivity index (χ0) is 15.2. The highest BCUT2D eigenvalue weighted by molar-refractivity contribution is 7.99. The molecule has 1 rings (SSSR count). The zero-order valence-electron chi connectivity index (χ0n) is 12.6. The smallest absolute Gasteiger partial charge is 0.315 e. The number of carboxylic acid groups (broad SMARTS) is 1. The van der Waals surface area contributed by atoms with Crippen LogP contribution in [0, 0.1) is 5.41 Å². The summed E-state index contributed by atoms with van der Waals surface area (Å²) in [4.78, 5) is 23.0. The van der Waals surface area contributed by atoms with E-state index < -0.39 is 11.4 Å². The third-order valence-electron chi connectivity index (χ3n) is 4.23. The van der Waals surface area contributed by atoms with Crippen LogP contribution in [-0.2, 0) is 4.79 Å². The summed E-state index contributed by atoms with van der Waals surface area (Å²) in [6.07, 6.45) is 6.95. The van der Waals surface area contributed by atoms with Crippen molar-refractivity contribution in [2.24, 2.45) is 5.41 Å². The molecule has 0 aromatic rings. The minimum absolute atomic E-state index is 0.156. The monoisotopic (exact) mass is 302 g/mol. The van der Waals surface area contributed by atoms with Gasteiger partial charge in [-0.05, 0) is 38.9 Å². The van der Waals surface area contributed by atoms with E-state index in [0.717, 1.165) is 19.3 Å². The van der Waals surface area contributed by atoms with Crippen molar-refractivity contribution >= 4 is 23.8 Å². The van der Waals surface area contributed by atoms with E-state index in [9.17, 15) is 9.59 Å². The van der Waals surface area contributed by atoms with Crippen LogP contribution in [0.15, 0.2) is 0 Å². The molecule has 3 unspecified atom stereocenters. The second kappa shape index (κ2) is 7.76. The molecule has 3 atom stereocenters. The van der Waals surface area contributed by atoms with Crippen LogP contribution in [0.4, 0.5) is 4.79 Å². The van der Waals surface area contributed by atoms with Gasteiger partial charge in [0.2, 0.25) is 0 Å². The molecule has 0 aromatic heterocycles. The largest absolute Gasteiger partial charge is 0.481 e. The van der Waals surface area contributed by atoms with Gasteiger partial charge < -0.3 is 15.7 Å². The Morgan fingerprint density at radius 1 is 1.40 bits per heavy atom. The number of amides is 2. The predicted octanol–water partition coefficient (Wildman–Crippen LogP) is 2.46. The maximum atomic E-state index is 11.9. The molecule has 6 heteroatoms. The first-order valence-electron chi connectivity index (χ1n) is 7.22. The fourth-order valence-electron chi connectivity index (χ4n) is 2.35. The maximum Gasteiger partial charge on any atom is 0.315 e. The van der Waals surface area contributed by atoms with Crippen molar-refractivity contribution in [3.8, 4) is 0 Å². The van der Waals surface area contributed by atoms with Gasteiger partial charge in [0.1, 0.15) is 0 Å². The lowest BCUT2D eigenvalue weighted by atomic mass is 9.88. The third-order valence-corrected chi connectivity index (χ3v) is 5.33. The molecule has 1 fully saturated rings. The van der Waals surface area contributed by atoms with Crippen molar-refractivity contribution in [1.29, 1.82) is 0 Å². The van der Waals surface area contributed by atoms with Gasteiger partial charge in [-0.25, -0.2) is 4.79 Å². The molecule has 1 saturated carbocycles. The van der Waals surface area contributed by atoms with Crippen LogP contribution >= 0.6 is 11.8 Å². The number of hydrogen-bond acceptors (Lipinski definition) is 3. The molecule has 0 aliphatic heterocycles. The Labute approximate surface area is 125 Å². The quantitative estimate of drug-likeness (QED) is 0.704. The molecule has 2 amide bonds. The van der Waals surface area contributed by atoms with E-state index in [0.29, 0.717) is 11.7 Å². The minimum atomic E-state index is -0.897. The molecule has 3 N–H and O–H groups in total. The summed E-state index contributed by atoms with van der Waals surface area (Å²) in [6.45, 7) is 3.63. The van der Waals surface area contributed by atoms with Gasteiger partial charge in [-0.2, -0.15) is 11.8 Å². The van der Waals surface area contributed by atoms with E-state index in [1.165, 1.54) is 6.42 Å². The highest BCUT2D eigenvalue weighted by atomic mass is 32.2. The van der Waals surface area contributed by atoms with E-state index in [2.05, 4.69) is 16.9 Å². The van der Waals surface area contributed by atoms with E-state index in [1.807, 2.05) is 18.7 Å². The molecule has 1 aliphatic carbocycles. The van der Waals surface area contributed by atoms with Gasteiger partial charge in [-0.1, -0.05) is 13.3 Å². The van der Waals surface area contributed by atoms with E-state index in [4.69, 9.17) is 5.11 Å². The lowest BCUT2D eigenvalue weighted by molar-refractivity contribution is -0.147. The molecular formula is C14H26N2O3S. The Morgan fingerprint density at radius 2 is 2.10 bits per heavy atom. The SMILES string of the molecule is CCC(C)(CNC(=O)NC1CCCC(SC)C1)C(=O)O. The van der Waals surface area contributed by atoms with Gasteiger partial charge in [0.25, 0.3) is 0 Å². The number of hydrogen-bond donors (Lipinski definition) is 3. The number of carbonyl (C=O) groups excluding carboxylic acids is 1. The number of rotatable bonds is 6. The highest BCUT2D eigenvalue weighted by Gasteiger charge is 2.31. The predicted molar refractivity (Wildman–Crippen MR) is 82.1 cm³/mol. The van der Waals surface area contributed by atoms with E-state index >= 15 is 0 Å². The first kappa shape index (κ1) is 17.1. The van der Waals surface area contributed by atoms with Gasteiger partial charge >= 0.3 is 12.0 Å². The molecule has 0 spiro atoms. The van der Waals surface area contributed by atoms with Crippen LogP contribution in [-0.4, -0.2) is 41.2 Å². The first-order chi connectivity index (χ1) is 9.41. The number of aliphatic carboxylic acids is 1. The standard InChI is InChI=1S/C14H26N2O3S/c1-4-14(2,12(17)18)9-15-13(19)16-10-6-5-7-11(8-10)20-3/h10-11H,4-9H2,1-3H3,(H,17,18)(H2,15,16,19). The third kappa shape index (κ3) is 4.89. The summed E-state index contributed by atoms with van der Waals surface area (Å²) in [6, 6.07) is -0.0448. The molecular weight excluding hydrogens is 276 g/mol. The molecule has 0 heterocycles. The Hall–Kier alpha value is -0.910. The minimum Gasteiger partial charge on any atom is -0.481 e. The topological polar surface area (TPSA) is 78.4 Å². The van der Waals surface area contributed by atoms with E-state index in [1.54, 1.807) is 6.92 Å².